The molecule has 0 unspecified atom stereocenters. The molecule has 0 fully saturated rings. The van der Waals surface area contributed by atoms with Crippen molar-refractivity contribution < 1.29 is 14.7 Å². The molecule has 0 bridgehead atoms. The maximum Gasteiger partial charge on any atom is 0.325 e. The number of amides is 1. The van der Waals surface area contributed by atoms with E-state index in [-0.39, 0.29) is 5.91 Å². The maximum absolute atomic E-state index is 11.6. The molecule has 1 aromatic rings. The van der Waals surface area contributed by atoms with Crippen LogP contribution >= 0.6 is 11.3 Å². The molecule has 0 aromatic carbocycles. The molecular weight excluding hydrogens is 216 g/mol. The van der Waals surface area contributed by atoms with Gasteiger partial charge in [-0.05, 0) is 20.8 Å². The van der Waals surface area contributed by atoms with E-state index in [0.29, 0.717) is 10.6 Å². The van der Waals surface area contributed by atoms with Gasteiger partial charge in [-0.15, -0.1) is 11.3 Å². The van der Waals surface area contributed by atoms with E-state index < -0.39 is 12.0 Å². The minimum atomic E-state index is -1.05. The summed E-state index contributed by atoms with van der Waals surface area (Å²) >= 11 is 1.26. The van der Waals surface area contributed by atoms with Gasteiger partial charge in [0.25, 0.3) is 5.91 Å². The first kappa shape index (κ1) is 11.6. The lowest BCUT2D eigenvalue weighted by molar-refractivity contribution is -0.138. The number of hydrogen-bond donors (Lipinski definition) is 2. The highest BCUT2D eigenvalue weighted by Crippen LogP contribution is 2.16. The fourth-order valence-corrected chi connectivity index (χ4v) is 1.89. The van der Waals surface area contributed by atoms with Crippen LogP contribution in [-0.2, 0) is 4.79 Å². The summed E-state index contributed by atoms with van der Waals surface area (Å²) in [6, 6.07) is -0.890. The van der Waals surface area contributed by atoms with Crippen molar-refractivity contribution in [2.75, 3.05) is 0 Å². The van der Waals surface area contributed by atoms with E-state index in [1.54, 1.807) is 13.8 Å². The molecule has 1 atom stereocenters. The standard InChI is InChI=1S/C9H12N2O3S/c1-4-7(15-6(3)10-4)8(12)11-5(2)9(13)14/h5H,1-3H3,(H,11,12)(H,13,14)/t5-/m1/s1. The number of carboxylic acid groups (broad SMARTS) is 1. The average Bonchev–Trinajstić information content (AvgIpc) is 2.44. The van der Waals surface area contributed by atoms with Gasteiger partial charge in [-0.25, -0.2) is 4.98 Å². The maximum atomic E-state index is 11.6. The predicted octanol–water partition coefficient (Wildman–Crippen LogP) is 0.963. The summed E-state index contributed by atoms with van der Waals surface area (Å²) in [5.41, 5.74) is 0.632. The van der Waals surface area contributed by atoms with Crippen molar-refractivity contribution in [1.82, 2.24) is 10.3 Å². The highest BCUT2D eigenvalue weighted by Gasteiger charge is 2.18. The van der Waals surface area contributed by atoms with Crippen molar-refractivity contribution in [2.24, 2.45) is 0 Å². The van der Waals surface area contributed by atoms with Gasteiger partial charge in [-0.2, -0.15) is 0 Å². The average molecular weight is 228 g/mol. The summed E-state index contributed by atoms with van der Waals surface area (Å²) in [6.45, 7) is 4.95. The molecule has 1 aromatic heterocycles. The van der Waals surface area contributed by atoms with Gasteiger partial charge in [0.2, 0.25) is 0 Å². The lowest BCUT2D eigenvalue weighted by Gasteiger charge is -2.07. The van der Waals surface area contributed by atoms with Gasteiger partial charge >= 0.3 is 5.97 Å². The van der Waals surface area contributed by atoms with E-state index >= 15 is 0 Å². The number of hydrogen-bond acceptors (Lipinski definition) is 4. The Morgan fingerprint density at radius 1 is 1.47 bits per heavy atom. The number of thiazole rings is 1. The molecule has 0 saturated carbocycles. The van der Waals surface area contributed by atoms with Gasteiger partial charge in [0.15, 0.2) is 0 Å². The van der Waals surface area contributed by atoms with E-state index in [4.69, 9.17) is 5.11 Å². The number of rotatable bonds is 3. The van der Waals surface area contributed by atoms with Crippen LogP contribution in [0.25, 0.3) is 0 Å². The first-order valence-electron chi connectivity index (χ1n) is 4.39. The number of nitrogens with one attached hydrogen (secondary N) is 1. The van der Waals surface area contributed by atoms with Crippen molar-refractivity contribution in [3.05, 3.63) is 15.6 Å². The van der Waals surface area contributed by atoms with Crippen LogP contribution in [0.1, 0.15) is 27.3 Å². The second-order valence-electron chi connectivity index (χ2n) is 3.18. The number of aliphatic carboxylic acids is 1. The summed E-state index contributed by atoms with van der Waals surface area (Å²) < 4.78 is 0. The van der Waals surface area contributed by atoms with Crippen LogP contribution < -0.4 is 5.32 Å². The highest BCUT2D eigenvalue weighted by molar-refractivity contribution is 7.13. The van der Waals surface area contributed by atoms with Crippen LogP contribution in [0.4, 0.5) is 0 Å². The Hall–Kier alpha value is -1.43. The van der Waals surface area contributed by atoms with Crippen molar-refractivity contribution in [2.45, 2.75) is 26.8 Å². The lowest BCUT2D eigenvalue weighted by Crippen LogP contribution is -2.38. The molecule has 0 aliphatic rings. The second-order valence-corrected chi connectivity index (χ2v) is 4.38. The minimum Gasteiger partial charge on any atom is -0.480 e. The van der Waals surface area contributed by atoms with Crippen LogP contribution in [-0.4, -0.2) is 28.0 Å². The molecule has 1 rings (SSSR count). The minimum absolute atomic E-state index is 0.381. The number of carbonyl (C=O) groups is 2. The van der Waals surface area contributed by atoms with Crippen LogP contribution in [0.5, 0.6) is 0 Å². The molecule has 0 spiro atoms. The number of aromatic nitrogens is 1. The molecule has 5 nitrogen and oxygen atoms in total. The molecule has 1 amide bonds. The Morgan fingerprint density at radius 3 is 2.47 bits per heavy atom. The quantitative estimate of drug-likeness (QED) is 0.807. The molecule has 0 radical (unpaired) electrons. The fourth-order valence-electron chi connectivity index (χ4n) is 1.07. The van der Waals surface area contributed by atoms with Crippen molar-refractivity contribution in [3.63, 3.8) is 0 Å². The molecule has 1 heterocycles. The van der Waals surface area contributed by atoms with Crippen LogP contribution in [0.3, 0.4) is 0 Å². The molecular formula is C9H12N2O3S. The van der Waals surface area contributed by atoms with E-state index in [1.165, 1.54) is 18.3 Å². The van der Waals surface area contributed by atoms with Gasteiger partial charge in [0.1, 0.15) is 10.9 Å². The molecule has 15 heavy (non-hydrogen) atoms. The van der Waals surface area contributed by atoms with Gasteiger partial charge < -0.3 is 10.4 Å². The molecule has 82 valence electrons. The predicted molar refractivity (Wildman–Crippen MR) is 56.2 cm³/mol. The number of carbonyl (C=O) groups excluding carboxylic acids is 1. The SMILES string of the molecule is Cc1nc(C)c(C(=O)N[C@H](C)C(=O)O)s1. The fraction of sp³-hybridized carbons (Fsp3) is 0.444. The normalized spacial score (nSPS) is 12.2. The van der Waals surface area contributed by atoms with Crippen LogP contribution in [0, 0.1) is 13.8 Å². The second kappa shape index (κ2) is 4.39. The van der Waals surface area contributed by atoms with Gasteiger partial charge in [-0.3, -0.25) is 9.59 Å². The van der Waals surface area contributed by atoms with E-state index in [9.17, 15) is 9.59 Å². The van der Waals surface area contributed by atoms with Crippen molar-refractivity contribution >= 4 is 23.2 Å². The number of carboxylic acids is 1. The third kappa shape index (κ3) is 2.76. The van der Waals surface area contributed by atoms with Gasteiger partial charge in [0, 0.05) is 0 Å². The topological polar surface area (TPSA) is 79.3 Å². The first-order chi connectivity index (χ1) is 6.91. The Bertz CT molecular complexity index is 400. The molecule has 2 N–H and O–H groups in total. The zero-order valence-corrected chi connectivity index (χ0v) is 9.51. The summed E-state index contributed by atoms with van der Waals surface area (Å²) in [5.74, 6) is -1.43. The molecule has 0 aliphatic carbocycles. The van der Waals surface area contributed by atoms with Gasteiger partial charge in [-0.1, -0.05) is 0 Å². The zero-order chi connectivity index (χ0) is 11.6. The largest absolute Gasteiger partial charge is 0.480 e. The Balaban J connectivity index is 2.77. The molecule has 0 saturated heterocycles. The van der Waals surface area contributed by atoms with E-state index in [2.05, 4.69) is 10.3 Å². The van der Waals surface area contributed by atoms with Crippen molar-refractivity contribution in [1.29, 1.82) is 0 Å². The van der Waals surface area contributed by atoms with E-state index in [1.807, 2.05) is 0 Å². The summed E-state index contributed by atoms with van der Waals surface area (Å²) in [6.07, 6.45) is 0. The van der Waals surface area contributed by atoms with Crippen molar-refractivity contribution in [3.8, 4) is 0 Å². The third-order valence-corrected chi connectivity index (χ3v) is 2.90. The number of nitrogens with zero attached hydrogens (tertiary/aromatic N) is 1. The van der Waals surface area contributed by atoms with Crippen LogP contribution in [0.15, 0.2) is 0 Å². The highest BCUT2D eigenvalue weighted by atomic mass is 32.1. The number of aryl methyl sites for hydroxylation is 2. The smallest absolute Gasteiger partial charge is 0.325 e. The monoisotopic (exact) mass is 228 g/mol. The summed E-state index contributed by atoms with van der Waals surface area (Å²) in [5, 5.41) is 11.8. The van der Waals surface area contributed by atoms with Gasteiger partial charge in [0.05, 0.1) is 10.7 Å². The molecule has 6 heteroatoms. The Morgan fingerprint density at radius 2 is 2.07 bits per heavy atom. The summed E-state index contributed by atoms with van der Waals surface area (Å²) in [4.78, 5) is 26.7. The first-order valence-corrected chi connectivity index (χ1v) is 5.21. The van der Waals surface area contributed by atoms with E-state index in [0.717, 1.165) is 5.01 Å². The Labute approximate surface area is 91.1 Å². The van der Waals surface area contributed by atoms with Crippen LogP contribution in [0.2, 0.25) is 0 Å². The third-order valence-electron chi connectivity index (χ3n) is 1.83. The Kier molecular flexibility index (Phi) is 3.41. The molecule has 0 aliphatic heterocycles. The summed E-state index contributed by atoms with van der Waals surface area (Å²) in [7, 11) is 0. The zero-order valence-electron chi connectivity index (χ0n) is 8.70. The lowest BCUT2D eigenvalue weighted by atomic mass is 10.3.